The van der Waals surface area contributed by atoms with Crippen LogP contribution in [0.2, 0.25) is 0 Å². The van der Waals surface area contributed by atoms with Crippen molar-refractivity contribution in [3.8, 4) is 11.1 Å². The topological polar surface area (TPSA) is 30.0 Å². The first kappa shape index (κ1) is 16.8. The number of carbonyl (C=O) groups is 1. The number of hydrogen-bond acceptors (Lipinski definition) is 2. The molecule has 25 heavy (non-hydrogen) atoms. The van der Waals surface area contributed by atoms with E-state index in [9.17, 15) is 4.79 Å². The van der Waals surface area contributed by atoms with E-state index in [1.54, 1.807) is 12.3 Å². The van der Waals surface area contributed by atoms with E-state index in [0.29, 0.717) is 6.42 Å². The Morgan fingerprint density at radius 1 is 1.20 bits per heavy atom. The summed E-state index contributed by atoms with van der Waals surface area (Å²) in [5, 5.41) is 0. The summed E-state index contributed by atoms with van der Waals surface area (Å²) in [7, 11) is 0. The molecule has 124 valence electrons. The van der Waals surface area contributed by atoms with Gasteiger partial charge in [-0.05, 0) is 52.8 Å². The number of hydrogen-bond donors (Lipinski definition) is 0. The summed E-state index contributed by atoms with van der Waals surface area (Å²) in [6.45, 7) is 3.81. The third-order valence-corrected chi connectivity index (χ3v) is 4.33. The molecule has 0 bridgehead atoms. The van der Waals surface area contributed by atoms with Crippen LogP contribution in [0.15, 0.2) is 84.8 Å². The quantitative estimate of drug-likeness (QED) is 0.530. The maximum Gasteiger partial charge on any atom is 0.123 e. The fourth-order valence-electron chi connectivity index (χ4n) is 3.07. The van der Waals surface area contributed by atoms with Crippen molar-refractivity contribution in [1.82, 2.24) is 4.98 Å². The minimum atomic E-state index is 0.434. The molecule has 1 aliphatic carbocycles. The Bertz CT molecular complexity index is 857. The summed E-state index contributed by atoms with van der Waals surface area (Å²) in [6, 6.07) is 10.6. The van der Waals surface area contributed by atoms with Gasteiger partial charge in [0, 0.05) is 24.4 Å². The molecule has 2 heteroatoms. The molecule has 0 unspecified atom stereocenters. The Balaban J connectivity index is 1.96. The molecule has 0 amide bonds. The van der Waals surface area contributed by atoms with Crippen molar-refractivity contribution < 1.29 is 4.79 Å². The molecule has 1 aromatic carbocycles. The van der Waals surface area contributed by atoms with Crippen molar-refractivity contribution in [2.45, 2.75) is 19.3 Å². The number of pyridine rings is 1. The van der Waals surface area contributed by atoms with Crippen LogP contribution >= 0.6 is 0 Å². The SMILES string of the molecule is C=C/C=C(\C=C/CC=O)C1=Cc2cc(-c3cccnc3)ccc2CC1. The average molecular weight is 327 g/mol. The highest BCUT2D eigenvalue weighted by Crippen LogP contribution is 2.31. The van der Waals surface area contributed by atoms with Crippen molar-refractivity contribution in [3.63, 3.8) is 0 Å². The number of aryl methyl sites for hydroxylation is 1. The summed E-state index contributed by atoms with van der Waals surface area (Å²) in [4.78, 5) is 14.8. The van der Waals surface area contributed by atoms with Gasteiger partial charge in [-0.2, -0.15) is 0 Å². The first-order valence-electron chi connectivity index (χ1n) is 8.49. The lowest BCUT2D eigenvalue weighted by atomic mass is 9.86. The molecule has 0 atom stereocenters. The van der Waals surface area contributed by atoms with Gasteiger partial charge in [0.05, 0.1) is 0 Å². The highest BCUT2D eigenvalue weighted by molar-refractivity contribution is 5.72. The van der Waals surface area contributed by atoms with Crippen LogP contribution in [0.5, 0.6) is 0 Å². The largest absolute Gasteiger partial charge is 0.303 e. The van der Waals surface area contributed by atoms with Crippen LogP contribution < -0.4 is 0 Å². The second-order valence-electron chi connectivity index (χ2n) is 5.99. The number of rotatable bonds is 6. The van der Waals surface area contributed by atoms with E-state index in [4.69, 9.17) is 0 Å². The van der Waals surface area contributed by atoms with Gasteiger partial charge in [-0.3, -0.25) is 4.98 Å². The zero-order chi connectivity index (χ0) is 17.5. The Labute approximate surface area is 148 Å². The van der Waals surface area contributed by atoms with Crippen molar-refractivity contribution in [2.75, 3.05) is 0 Å². The molecule has 1 aliphatic rings. The van der Waals surface area contributed by atoms with Gasteiger partial charge < -0.3 is 4.79 Å². The number of fused-ring (bicyclic) bond motifs is 1. The van der Waals surface area contributed by atoms with Gasteiger partial charge in [-0.15, -0.1) is 0 Å². The second kappa shape index (κ2) is 8.20. The third-order valence-electron chi connectivity index (χ3n) is 4.33. The molecular formula is C23H21NO. The molecule has 2 aromatic rings. The van der Waals surface area contributed by atoms with E-state index in [1.165, 1.54) is 22.3 Å². The van der Waals surface area contributed by atoms with E-state index in [1.807, 2.05) is 30.5 Å². The molecule has 0 spiro atoms. The van der Waals surface area contributed by atoms with E-state index < -0.39 is 0 Å². The van der Waals surface area contributed by atoms with Crippen LogP contribution in [-0.2, 0) is 11.2 Å². The van der Waals surface area contributed by atoms with Crippen LogP contribution in [0.1, 0.15) is 24.0 Å². The van der Waals surface area contributed by atoms with E-state index in [-0.39, 0.29) is 0 Å². The first-order valence-corrected chi connectivity index (χ1v) is 8.49. The maximum absolute atomic E-state index is 10.5. The van der Waals surface area contributed by atoms with Gasteiger partial charge in [0.25, 0.3) is 0 Å². The van der Waals surface area contributed by atoms with Gasteiger partial charge >= 0.3 is 0 Å². The summed E-state index contributed by atoms with van der Waals surface area (Å²) in [5.74, 6) is 0. The normalized spacial score (nSPS) is 14.1. The number of nitrogens with zero attached hydrogens (tertiary/aromatic N) is 1. The van der Waals surface area contributed by atoms with Crippen LogP contribution in [0.3, 0.4) is 0 Å². The van der Waals surface area contributed by atoms with Crippen molar-refractivity contribution in [1.29, 1.82) is 0 Å². The molecule has 0 fully saturated rings. The molecule has 3 rings (SSSR count). The summed E-state index contributed by atoms with van der Waals surface area (Å²) in [5.41, 5.74) is 7.31. The maximum atomic E-state index is 10.5. The number of allylic oxidation sites excluding steroid dienone is 6. The summed E-state index contributed by atoms with van der Waals surface area (Å²) >= 11 is 0. The molecule has 0 saturated carbocycles. The zero-order valence-corrected chi connectivity index (χ0v) is 14.2. The molecule has 1 heterocycles. The Morgan fingerprint density at radius 2 is 2.12 bits per heavy atom. The summed E-state index contributed by atoms with van der Waals surface area (Å²) < 4.78 is 0. The monoisotopic (exact) mass is 327 g/mol. The predicted molar refractivity (Wildman–Crippen MR) is 104 cm³/mol. The van der Waals surface area contributed by atoms with E-state index >= 15 is 0 Å². The lowest BCUT2D eigenvalue weighted by molar-refractivity contribution is -0.107. The van der Waals surface area contributed by atoms with Crippen LogP contribution in [0.25, 0.3) is 17.2 Å². The lowest BCUT2D eigenvalue weighted by Gasteiger charge is -2.18. The minimum absolute atomic E-state index is 0.434. The van der Waals surface area contributed by atoms with Crippen molar-refractivity contribution in [3.05, 3.63) is 95.9 Å². The van der Waals surface area contributed by atoms with Crippen molar-refractivity contribution in [2.24, 2.45) is 0 Å². The Kier molecular flexibility index (Phi) is 5.53. The standard InChI is InChI=1S/C23H21NO/c1-2-6-18(7-3-4-14-25)20-11-9-19-10-12-21(16-23(19)15-20)22-8-5-13-24-17-22/h2-3,5-8,10,12-17H,1,4,9,11H2/b7-3-,18-6+. The average Bonchev–Trinajstić information content (AvgIpc) is 2.67. The zero-order valence-electron chi connectivity index (χ0n) is 14.2. The minimum Gasteiger partial charge on any atom is -0.303 e. The van der Waals surface area contributed by atoms with Crippen LogP contribution in [-0.4, -0.2) is 11.3 Å². The molecule has 0 N–H and O–H groups in total. The molecule has 2 nitrogen and oxygen atoms in total. The Morgan fingerprint density at radius 3 is 2.88 bits per heavy atom. The van der Waals surface area contributed by atoms with Crippen LogP contribution in [0, 0.1) is 0 Å². The molecular weight excluding hydrogens is 306 g/mol. The number of carbonyl (C=O) groups excluding carboxylic acids is 1. The second-order valence-corrected chi connectivity index (χ2v) is 5.99. The highest BCUT2D eigenvalue weighted by atomic mass is 16.1. The fourth-order valence-corrected chi connectivity index (χ4v) is 3.07. The molecule has 0 radical (unpaired) electrons. The number of aromatic nitrogens is 1. The van der Waals surface area contributed by atoms with Gasteiger partial charge in [0.15, 0.2) is 0 Å². The number of benzene rings is 1. The highest BCUT2D eigenvalue weighted by Gasteiger charge is 2.13. The fraction of sp³-hybridized carbons (Fsp3) is 0.130. The van der Waals surface area contributed by atoms with Crippen molar-refractivity contribution >= 4 is 12.4 Å². The molecule has 0 aliphatic heterocycles. The van der Waals surface area contributed by atoms with Crippen LogP contribution in [0.4, 0.5) is 0 Å². The van der Waals surface area contributed by atoms with E-state index in [0.717, 1.165) is 30.3 Å². The molecule has 0 saturated heterocycles. The Hall–Kier alpha value is -3.00. The predicted octanol–water partition coefficient (Wildman–Crippen LogP) is 5.34. The number of aldehydes is 1. The first-order chi connectivity index (χ1) is 12.3. The summed E-state index contributed by atoms with van der Waals surface area (Å²) in [6.07, 6.45) is 17.0. The lowest BCUT2D eigenvalue weighted by Crippen LogP contribution is -2.01. The smallest absolute Gasteiger partial charge is 0.123 e. The van der Waals surface area contributed by atoms with Gasteiger partial charge in [0.2, 0.25) is 0 Å². The van der Waals surface area contributed by atoms with E-state index in [2.05, 4.69) is 41.9 Å². The van der Waals surface area contributed by atoms with Gasteiger partial charge in [-0.25, -0.2) is 0 Å². The molecule has 1 aromatic heterocycles. The van der Waals surface area contributed by atoms with Gasteiger partial charge in [0.1, 0.15) is 6.29 Å². The van der Waals surface area contributed by atoms with Gasteiger partial charge in [-0.1, -0.05) is 55.2 Å². The third kappa shape index (κ3) is 4.10.